The zero-order valence-electron chi connectivity index (χ0n) is 9.00. The number of benzene rings is 1. The molecule has 3 aromatic rings. The van der Waals surface area contributed by atoms with Crippen LogP contribution in [-0.4, -0.2) is 19.5 Å². The smallest absolute Gasteiger partial charge is 0.201 e. The molecule has 0 fully saturated rings. The molecule has 0 unspecified atom stereocenters. The molecule has 1 N–H and O–H groups in total. The lowest BCUT2D eigenvalue weighted by Gasteiger charge is -2.06. The Balaban J connectivity index is 2.05. The summed E-state index contributed by atoms with van der Waals surface area (Å²) < 4.78 is 2.49. The van der Waals surface area contributed by atoms with Crippen molar-refractivity contribution in [3.8, 4) is 0 Å². The lowest BCUT2D eigenvalue weighted by molar-refractivity contribution is 0.760. The van der Waals surface area contributed by atoms with E-state index in [1.165, 1.54) is 5.56 Å². The Morgan fingerprint density at radius 1 is 1.24 bits per heavy atom. The maximum Gasteiger partial charge on any atom is 0.201 e. The lowest BCUT2D eigenvalue weighted by Crippen LogP contribution is -2.03. The molecule has 3 rings (SSSR count). The van der Waals surface area contributed by atoms with E-state index >= 15 is 0 Å². The van der Waals surface area contributed by atoms with Gasteiger partial charge in [-0.1, -0.05) is 30.3 Å². The van der Waals surface area contributed by atoms with Crippen LogP contribution in [-0.2, 0) is 6.54 Å². The highest BCUT2D eigenvalue weighted by molar-refractivity contribution is 7.71. The molecule has 0 atom stereocenters. The number of nitrogens with one attached hydrogen (secondary N) is 1. The van der Waals surface area contributed by atoms with E-state index < -0.39 is 0 Å². The number of H-pyrrole nitrogens is 1. The van der Waals surface area contributed by atoms with Gasteiger partial charge in [0.05, 0.1) is 6.33 Å². The minimum absolute atomic E-state index is 0.549. The number of fused-ring (bicyclic) bond motifs is 1. The summed E-state index contributed by atoms with van der Waals surface area (Å²) in [5.74, 6) is 0. The van der Waals surface area contributed by atoms with Crippen LogP contribution in [0.4, 0.5) is 0 Å². The predicted octanol–water partition coefficient (Wildman–Crippen LogP) is 2.54. The minimum atomic E-state index is 0.549. The Morgan fingerprint density at radius 2 is 2.06 bits per heavy atom. The maximum atomic E-state index is 5.24. The molecule has 0 amide bonds. The molecule has 0 bridgehead atoms. The van der Waals surface area contributed by atoms with Gasteiger partial charge in [0.15, 0.2) is 5.65 Å². The van der Waals surface area contributed by atoms with Crippen LogP contribution < -0.4 is 0 Å². The summed E-state index contributed by atoms with van der Waals surface area (Å²) in [6.45, 7) is 0.724. The first-order chi connectivity index (χ1) is 8.33. The normalized spacial score (nSPS) is 10.8. The largest absolute Gasteiger partial charge is 0.342 e. The summed E-state index contributed by atoms with van der Waals surface area (Å²) in [5, 5.41) is 0. The Bertz CT molecular complexity index is 699. The molecular formula is C12H10N4S. The van der Waals surface area contributed by atoms with Crippen molar-refractivity contribution >= 4 is 23.4 Å². The number of aromatic nitrogens is 4. The van der Waals surface area contributed by atoms with Crippen LogP contribution in [0.1, 0.15) is 5.56 Å². The number of imidazole rings is 1. The molecule has 2 aromatic heterocycles. The molecule has 17 heavy (non-hydrogen) atoms. The summed E-state index contributed by atoms with van der Waals surface area (Å²) >= 11 is 5.24. The molecule has 0 aliphatic heterocycles. The molecule has 5 heteroatoms. The van der Waals surface area contributed by atoms with Gasteiger partial charge in [0, 0.05) is 12.7 Å². The summed E-state index contributed by atoms with van der Waals surface area (Å²) in [6, 6.07) is 10.2. The first kappa shape index (κ1) is 10.2. The van der Waals surface area contributed by atoms with E-state index in [4.69, 9.17) is 12.2 Å². The molecule has 0 aliphatic carbocycles. The third-order valence-corrected chi connectivity index (χ3v) is 2.90. The van der Waals surface area contributed by atoms with E-state index in [0.29, 0.717) is 10.4 Å². The van der Waals surface area contributed by atoms with Gasteiger partial charge in [-0.25, -0.2) is 4.98 Å². The van der Waals surface area contributed by atoms with Crippen molar-refractivity contribution in [1.29, 1.82) is 0 Å². The molecule has 1 aromatic carbocycles. The minimum Gasteiger partial charge on any atom is -0.342 e. The number of hydrogen-bond donors (Lipinski definition) is 1. The molecule has 0 saturated heterocycles. The predicted molar refractivity (Wildman–Crippen MR) is 68.3 cm³/mol. The Kier molecular flexibility index (Phi) is 2.45. The van der Waals surface area contributed by atoms with Gasteiger partial charge in [-0.15, -0.1) is 0 Å². The van der Waals surface area contributed by atoms with Crippen LogP contribution in [0.5, 0.6) is 0 Å². The van der Waals surface area contributed by atoms with Gasteiger partial charge in [-0.3, -0.25) is 0 Å². The van der Waals surface area contributed by atoms with Crippen molar-refractivity contribution in [2.24, 2.45) is 0 Å². The van der Waals surface area contributed by atoms with E-state index in [0.717, 1.165) is 12.1 Å². The van der Waals surface area contributed by atoms with Gasteiger partial charge >= 0.3 is 0 Å². The molecule has 0 aliphatic rings. The molecule has 0 radical (unpaired) electrons. The van der Waals surface area contributed by atoms with Gasteiger partial charge < -0.3 is 9.55 Å². The number of nitrogens with zero attached hydrogens (tertiary/aromatic N) is 3. The second kappa shape index (κ2) is 4.10. The van der Waals surface area contributed by atoms with Crippen molar-refractivity contribution in [2.75, 3.05) is 0 Å². The number of hydrogen-bond acceptors (Lipinski definition) is 3. The van der Waals surface area contributed by atoms with Gasteiger partial charge in [-0.2, -0.15) is 4.98 Å². The molecular weight excluding hydrogens is 232 g/mol. The third-order valence-electron chi connectivity index (χ3n) is 2.58. The van der Waals surface area contributed by atoms with Crippen molar-refractivity contribution in [3.63, 3.8) is 0 Å². The molecule has 84 valence electrons. The van der Waals surface area contributed by atoms with Gasteiger partial charge in [0.2, 0.25) is 4.77 Å². The van der Waals surface area contributed by atoms with E-state index in [1.807, 2.05) is 29.0 Å². The second-order valence-corrected chi connectivity index (χ2v) is 4.14. The highest BCUT2D eigenvalue weighted by Crippen LogP contribution is 2.08. The van der Waals surface area contributed by atoms with Crippen molar-refractivity contribution in [2.45, 2.75) is 6.54 Å². The van der Waals surface area contributed by atoms with Gasteiger partial charge in [-0.05, 0) is 17.8 Å². The van der Waals surface area contributed by atoms with Crippen LogP contribution >= 0.6 is 12.2 Å². The van der Waals surface area contributed by atoms with Crippen LogP contribution in [0.15, 0.2) is 42.9 Å². The van der Waals surface area contributed by atoms with Gasteiger partial charge in [0.1, 0.15) is 5.52 Å². The summed E-state index contributed by atoms with van der Waals surface area (Å²) in [6.07, 6.45) is 3.57. The molecule has 4 nitrogen and oxygen atoms in total. The number of aromatic amines is 1. The Labute approximate surface area is 103 Å². The Hall–Kier alpha value is -2.01. The zero-order chi connectivity index (χ0) is 11.7. The monoisotopic (exact) mass is 242 g/mol. The van der Waals surface area contributed by atoms with Crippen molar-refractivity contribution in [1.82, 2.24) is 19.5 Å². The highest BCUT2D eigenvalue weighted by atomic mass is 32.1. The van der Waals surface area contributed by atoms with Crippen molar-refractivity contribution in [3.05, 3.63) is 53.2 Å². The van der Waals surface area contributed by atoms with Crippen LogP contribution in [0.3, 0.4) is 0 Å². The first-order valence-electron chi connectivity index (χ1n) is 5.27. The molecule has 0 spiro atoms. The fourth-order valence-corrected chi connectivity index (χ4v) is 1.94. The fourth-order valence-electron chi connectivity index (χ4n) is 1.74. The maximum absolute atomic E-state index is 5.24. The average molecular weight is 242 g/mol. The summed E-state index contributed by atoms with van der Waals surface area (Å²) in [4.78, 5) is 11.4. The summed E-state index contributed by atoms with van der Waals surface area (Å²) in [7, 11) is 0. The average Bonchev–Trinajstić information content (AvgIpc) is 2.78. The number of rotatable bonds is 2. The van der Waals surface area contributed by atoms with E-state index in [1.54, 1.807) is 6.33 Å². The van der Waals surface area contributed by atoms with Crippen LogP contribution in [0, 0.1) is 4.77 Å². The Morgan fingerprint density at radius 3 is 2.88 bits per heavy atom. The van der Waals surface area contributed by atoms with E-state index in [9.17, 15) is 0 Å². The van der Waals surface area contributed by atoms with E-state index in [-0.39, 0.29) is 0 Å². The first-order valence-corrected chi connectivity index (χ1v) is 5.68. The zero-order valence-corrected chi connectivity index (χ0v) is 9.81. The SMILES string of the molecule is S=c1nc2nc[nH]c2cn1Cc1ccccc1. The topological polar surface area (TPSA) is 46.5 Å². The van der Waals surface area contributed by atoms with Crippen LogP contribution in [0.25, 0.3) is 11.2 Å². The lowest BCUT2D eigenvalue weighted by atomic mass is 10.2. The fraction of sp³-hybridized carbons (Fsp3) is 0.0833. The van der Waals surface area contributed by atoms with Gasteiger partial charge in [0.25, 0.3) is 0 Å². The highest BCUT2D eigenvalue weighted by Gasteiger charge is 2.01. The third kappa shape index (κ3) is 1.97. The summed E-state index contributed by atoms with van der Waals surface area (Å²) in [5.41, 5.74) is 2.76. The molecule has 2 heterocycles. The quantitative estimate of drug-likeness (QED) is 0.702. The molecule has 0 saturated carbocycles. The van der Waals surface area contributed by atoms with Crippen molar-refractivity contribution < 1.29 is 0 Å². The van der Waals surface area contributed by atoms with E-state index in [2.05, 4.69) is 27.1 Å². The second-order valence-electron chi connectivity index (χ2n) is 3.78. The standard InChI is InChI=1S/C12H10N4S/c17-12-15-11-10(13-8-14-11)7-16(12)6-9-4-2-1-3-5-9/h1-5,7-8H,6H2,(H,13,14,15,17). The van der Waals surface area contributed by atoms with Crippen LogP contribution in [0.2, 0.25) is 0 Å².